The van der Waals surface area contributed by atoms with E-state index in [2.05, 4.69) is 4.98 Å². The molecule has 0 atom stereocenters. The number of nitrogens with zero attached hydrogens (tertiary/aromatic N) is 2. The number of benzene rings is 1. The molecule has 0 aliphatic carbocycles. The summed E-state index contributed by atoms with van der Waals surface area (Å²) >= 11 is 1.44. The van der Waals surface area contributed by atoms with Gasteiger partial charge in [0.05, 0.1) is 18.4 Å². The first kappa shape index (κ1) is 15.4. The SMILES string of the molecule is CCN(C(=O)Cc1csc(-c2ccco2)n1)c1ccc(F)cc1. The molecule has 6 heteroatoms. The van der Waals surface area contributed by atoms with Crippen LogP contribution in [0.1, 0.15) is 12.6 Å². The molecule has 0 fully saturated rings. The molecule has 1 aromatic carbocycles. The fraction of sp³-hybridized carbons (Fsp3) is 0.176. The molecule has 0 bridgehead atoms. The molecule has 0 saturated carbocycles. The third-order valence-corrected chi connectivity index (χ3v) is 4.28. The summed E-state index contributed by atoms with van der Waals surface area (Å²) in [6.07, 6.45) is 1.79. The average molecular weight is 330 g/mol. The van der Waals surface area contributed by atoms with Gasteiger partial charge in [-0.15, -0.1) is 11.3 Å². The van der Waals surface area contributed by atoms with Crippen molar-refractivity contribution in [2.24, 2.45) is 0 Å². The number of anilines is 1. The number of hydrogen-bond acceptors (Lipinski definition) is 4. The van der Waals surface area contributed by atoms with E-state index in [-0.39, 0.29) is 18.1 Å². The Morgan fingerprint density at radius 2 is 2.09 bits per heavy atom. The van der Waals surface area contributed by atoms with Crippen LogP contribution in [0, 0.1) is 5.82 Å². The second kappa shape index (κ2) is 6.75. The van der Waals surface area contributed by atoms with Crippen LogP contribution in [0.2, 0.25) is 0 Å². The predicted molar refractivity (Wildman–Crippen MR) is 87.9 cm³/mol. The number of hydrogen-bond donors (Lipinski definition) is 0. The number of carbonyl (C=O) groups excluding carboxylic acids is 1. The fourth-order valence-corrected chi connectivity index (χ4v) is 3.06. The third kappa shape index (κ3) is 3.48. The first-order valence-corrected chi connectivity index (χ1v) is 8.09. The van der Waals surface area contributed by atoms with Crippen molar-refractivity contribution in [3.8, 4) is 10.8 Å². The smallest absolute Gasteiger partial charge is 0.233 e. The van der Waals surface area contributed by atoms with Crippen LogP contribution >= 0.6 is 11.3 Å². The van der Waals surface area contributed by atoms with Crippen LogP contribution < -0.4 is 4.90 Å². The van der Waals surface area contributed by atoms with Gasteiger partial charge in [-0.05, 0) is 43.3 Å². The summed E-state index contributed by atoms with van der Waals surface area (Å²) in [5.74, 6) is 0.301. The number of furan rings is 1. The third-order valence-electron chi connectivity index (χ3n) is 3.37. The Kier molecular flexibility index (Phi) is 4.52. The van der Waals surface area contributed by atoms with E-state index in [1.165, 1.54) is 23.5 Å². The molecule has 118 valence electrons. The maximum Gasteiger partial charge on any atom is 0.233 e. The molecule has 2 aromatic heterocycles. The van der Waals surface area contributed by atoms with E-state index in [1.807, 2.05) is 18.4 Å². The number of thiazole rings is 1. The van der Waals surface area contributed by atoms with Gasteiger partial charge in [-0.2, -0.15) is 0 Å². The number of aromatic nitrogens is 1. The van der Waals surface area contributed by atoms with Gasteiger partial charge < -0.3 is 9.32 Å². The van der Waals surface area contributed by atoms with Crippen molar-refractivity contribution in [2.45, 2.75) is 13.3 Å². The van der Waals surface area contributed by atoms with Crippen molar-refractivity contribution in [1.82, 2.24) is 4.98 Å². The average Bonchev–Trinajstić information content (AvgIpc) is 3.21. The van der Waals surface area contributed by atoms with Gasteiger partial charge in [0, 0.05) is 17.6 Å². The molecule has 0 radical (unpaired) electrons. The normalized spacial score (nSPS) is 10.7. The second-order valence-electron chi connectivity index (χ2n) is 4.91. The summed E-state index contributed by atoms with van der Waals surface area (Å²) in [7, 11) is 0. The van der Waals surface area contributed by atoms with Crippen molar-refractivity contribution in [3.63, 3.8) is 0 Å². The molecule has 2 heterocycles. The van der Waals surface area contributed by atoms with E-state index < -0.39 is 0 Å². The number of halogens is 1. The monoisotopic (exact) mass is 330 g/mol. The lowest BCUT2D eigenvalue weighted by molar-refractivity contribution is -0.118. The zero-order valence-corrected chi connectivity index (χ0v) is 13.3. The molecule has 0 aliphatic heterocycles. The Balaban J connectivity index is 1.73. The summed E-state index contributed by atoms with van der Waals surface area (Å²) in [6, 6.07) is 9.54. The van der Waals surface area contributed by atoms with Gasteiger partial charge in [0.25, 0.3) is 0 Å². The van der Waals surface area contributed by atoms with Gasteiger partial charge in [-0.25, -0.2) is 9.37 Å². The highest BCUT2D eigenvalue weighted by atomic mass is 32.1. The summed E-state index contributed by atoms with van der Waals surface area (Å²) in [5.41, 5.74) is 1.38. The summed E-state index contributed by atoms with van der Waals surface area (Å²) in [5, 5.41) is 2.61. The van der Waals surface area contributed by atoms with E-state index in [9.17, 15) is 9.18 Å². The predicted octanol–water partition coefficient (Wildman–Crippen LogP) is 4.14. The van der Waals surface area contributed by atoms with Crippen molar-refractivity contribution >= 4 is 22.9 Å². The summed E-state index contributed by atoms with van der Waals surface area (Å²) in [6.45, 7) is 2.40. The molecule has 4 nitrogen and oxygen atoms in total. The van der Waals surface area contributed by atoms with Gasteiger partial charge >= 0.3 is 0 Å². The maximum atomic E-state index is 13.0. The standard InChI is InChI=1S/C17H15FN2O2S/c1-2-20(14-7-5-12(18)6-8-14)16(21)10-13-11-23-17(19-13)15-4-3-9-22-15/h3-9,11H,2,10H2,1H3. The first-order valence-electron chi connectivity index (χ1n) is 7.21. The molecule has 1 amide bonds. The van der Waals surface area contributed by atoms with Gasteiger partial charge in [0.1, 0.15) is 5.82 Å². The van der Waals surface area contributed by atoms with Crippen molar-refractivity contribution in [3.05, 3.63) is 59.6 Å². The Morgan fingerprint density at radius 3 is 2.74 bits per heavy atom. The molecule has 0 saturated heterocycles. The van der Waals surface area contributed by atoms with E-state index in [0.29, 0.717) is 23.7 Å². The highest BCUT2D eigenvalue weighted by Crippen LogP contribution is 2.24. The van der Waals surface area contributed by atoms with Crippen LogP contribution in [0.3, 0.4) is 0 Å². The number of amides is 1. The van der Waals surface area contributed by atoms with E-state index in [4.69, 9.17) is 4.42 Å². The Bertz CT molecular complexity index is 781. The Labute approximate surface area is 137 Å². The molecule has 0 unspecified atom stereocenters. The highest BCUT2D eigenvalue weighted by Gasteiger charge is 2.17. The van der Waals surface area contributed by atoms with Crippen LogP contribution in [0.4, 0.5) is 10.1 Å². The molecule has 3 aromatic rings. The van der Waals surface area contributed by atoms with Crippen molar-refractivity contribution in [2.75, 3.05) is 11.4 Å². The summed E-state index contributed by atoms with van der Waals surface area (Å²) < 4.78 is 18.3. The first-order chi connectivity index (χ1) is 11.2. The molecule has 23 heavy (non-hydrogen) atoms. The highest BCUT2D eigenvalue weighted by molar-refractivity contribution is 7.13. The van der Waals surface area contributed by atoms with Crippen LogP contribution in [0.15, 0.2) is 52.5 Å². The Hall–Kier alpha value is -2.47. The van der Waals surface area contributed by atoms with Crippen LogP contribution in [0.25, 0.3) is 10.8 Å². The van der Waals surface area contributed by atoms with Gasteiger partial charge in [0.2, 0.25) is 5.91 Å². The Morgan fingerprint density at radius 1 is 1.30 bits per heavy atom. The van der Waals surface area contributed by atoms with Crippen molar-refractivity contribution < 1.29 is 13.6 Å². The minimum atomic E-state index is -0.320. The van der Waals surface area contributed by atoms with E-state index in [1.54, 1.807) is 29.4 Å². The molecule has 3 rings (SSSR count). The zero-order valence-electron chi connectivity index (χ0n) is 12.5. The largest absolute Gasteiger partial charge is 0.462 e. The fourth-order valence-electron chi connectivity index (χ4n) is 2.28. The van der Waals surface area contributed by atoms with E-state index in [0.717, 1.165) is 5.01 Å². The topological polar surface area (TPSA) is 46.3 Å². The number of likely N-dealkylation sites (N-methyl/N-ethyl adjacent to an activating group) is 1. The molecule has 0 N–H and O–H groups in total. The van der Waals surface area contributed by atoms with Gasteiger partial charge in [-0.3, -0.25) is 4.79 Å². The number of rotatable bonds is 5. The molecule has 0 spiro atoms. The van der Waals surface area contributed by atoms with Crippen LogP contribution in [-0.4, -0.2) is 17.4 Å². The lowest BCUT2D eigenvalue weighted by Crippen LogP contribution is -2.32. The zero-order chi connectivity index (χ0) is 16.2. The second-order valence-corrected chi connectivity index (χ2v) is 5.77. The van der Waals surface area contributed by atoms with Crippen LogP contribution in [-0.2, 0) is 11.2 Å². The maximum absolute atomic E-state index is 13.0. The molecular weight excluding hydrogens is 315 g/mol. The van der Waals surface area contributed by atoms with E-state index >= 15 is 0 Å². The lowest BCUT2D eigenvalue weighted by Gasteiger charge is -2.20. The molecule has 0 aliphatic rings. The van der Waals surface area contributed by atoms with Crippen molar-refractivity contribution in [1.29, 1.82) is 0 Å². The number of carbonyl (C=O) groups is 1. The minimum Gasteiger partial charge on any atom is -0.462 e. The van der Waals surface area contributed by atoms with Crippen LogP contribution in [0.5, 0.6) is 0 Å². The summed E-state index contributed by atoms with van der Waals surface area (Å²) in [4.78, 5) is 18.5. The molecular formula is C17H15FN2O2S. The minimum absolute atomic E-state index is 0.0737. The van der Waals surface area contributed by atoms with Gasteiger partial charge in [-0.1, -0.05) is 0 Å². The lowest BCUT2D eigenvalue weighted by atomic mass is 10.2. The van der Waals surface area contributed by atoms with Gasteiger partial charge in [0.15, 0.2) is 10.8 Å². The quantitative estimate of drug-likeness (QED) is 0.706.